The molecular formula is C4H4F6O4S. The molecule has 0 aromatic rings. The zero-order valence-electron chi connectivity index (χ0n) is 6.89. The molecule has 0 N–H and O–H groups in total. The topological polar surface area (TPSA) is 52.6 Å². The van der Waals surface area contributed by atoms with E-state index in [0.717, 1.165) is 0 Å². The van der Waals surface area contributed by atoms with Crippen LogP contribution in [0.25, 0.3) is 0 Å². The van der Waals surface area contributed by atoms with Gasteiger partial charge in [-0.05, 0) is 0 Å². The second-order valence-electron chi connectivity index (χ2n) is 2.13. The van der Waals surface area contributed by atoms with Gasteiger partial charge in [0, 0.05) is 0 Å². The lowest BCUT2D eigenvalue weighted by molar-refractivity contribution is -0.300. The Morgan fingerprint density at radius 1 is 1.00 bits per heavy atom. The Hall–Kier alpha value is -0.550. The fourth-order valence-electron chi connectivity index (χ4n) is 0.452. The molecule has 0 spiro atoms. The molecule has 0 heterocycles. The van der Waals surface area contributed by atoms with Gasteiger partial charge in [0.1, 0.15) is 0 Å². The van der Waals surface area contributed by atoms with Gasteiger partial charge < -0.3 is 0 Å². The lowest BCUT2D eigenvalue weighted by Crippen LogP contribution is -2.45. The van der Waals surface area contributed by atoms with E-state index in [1.807, 2.05) is 0 Å². The second-order valence-corrected chi connectivity index (χ2v) is 3.48. The highest BCUT2D eigenvalue weighted by atomic mass is 32.3. The van der Waals surface area contributed by atoms with Crippen molar-refractivity contribution in [3.8, 4) is 0 Å². The largest absolute Gasteiger partial charge is 0.425 e. The normalized spacial score (nSPS) is 14.7. The van der Waals surface area contributed by atoms with Crippen LogP contribution in [0.3, 0.4) is 0 Å². The minimum Gasteiger partial charge on any atom is -0.252 e. The van der Waals surface area contributed by atoms with Crippen molar-refractivity contribution >= 4 is 10.4 Å². The highest BCUT2D eigenvalue weighted by Crippen LogP contribution is 2.36. The van der Waals surface area contributed by atoms with Gasteiger partial charge in [-0.1, -0.05) is 0 Å². The third-order valence-electron chi connectivity index (χ3n) is 1.01. The minimum absolute atomic E-state index is 0.360. The first-order chi connectivity index (χ1) is 6.40. The molecule has 0 aromatic carbocycles. The van der Waals surface area contributed by atoms with Gasteiger partial charge in [0.05, 0.1) is 7.11 Å². The van der Waals surface area contributed by atoms with Gasteiger partial charge in [0.25, 0.3) is 6.10 Å². The van der Waals surface area contributed by atoms with E-state index < -0.39 is 28.9 Å². The van der Waals surface area contributed by atoms with Gasteiger partial charge in [-0.3, -0.25) is 4.18 Å². The summed E-state index contributed by atoms with van der Waals surface area (Å²) in [6.45, 7) is 0. The fraction of sp³-hybridized carbons (Fsp3) is 1.00. The smallest absolute Gasteiger partial charge is 0.252 e. The third kappa shape index (κ3) is 4.66. The van der Waals surface area contributed by atoms with Crippen molar-refractivity contribution in [2.45, 2.75) is 18.5 Å². The lowest BCUT2D eigenvalue weighted by Gasteiger charge is -2.21. The van der Waals surface area contributed by atoms with Crippen LogP contribution in [0.5, 0.6) is 0 Å². The van der Waals surface area contributed by atoms with E-state index in [0.29, 0.717) is 7.11 Å². The van der Waals surface area contributed by atoms with Crippen molar-refractivity contribution in [1.82, 2.24) is 0 Å². The van der Waals surface area contributed by atoms with Crippen molar-refractivity contribution in [2.75, 3.05) is 7.11 Å². The molecule has 92 valence electrons. The van der Waals surface area contributed by atoms with Crippen molar-refractivity contribution < 1.29 is 43.1 Å². The van der Waals surface area contributed by atoms with Crippen molar-refractivity contribution in [2.24, 2.45) is 0 Å². The van der Waals surface area contributed by atoms with Crippen LogP contribution in [0.15, 0.2) is 0 Å². The minimum atomic E-state index is -5.90. The van der Waals surface area contributed by atoms with Gasteiger partial charge in [0.15, 0.2) is 0 Å². The number of alkyl halides is 6. The van der Waals surface area contributed by atoms with Gasteiger partial charge >= 0.3 is 22.8 Å². The number of hydrogen-bond donors (Lipinski definition) is 0. The molecule has 0 atom stereocenters. The fourth-order valence-corrected chi connectivity index (χ4v) is 0.984. The van der Waals surface area contributed by atoms with Crippen molar-refractivity contribution in [3.63, 3.8) is 0 Å². The molecule has 0 aliphatic rings. The number of hydrogen-bond acceptors (Lipinski definition) is 4. The SMILES string of the molecule is COS(=O)(=O)OC(C(F)(F)F)C(F)(F)F. The summed E-state index contributed by atoms with van der Waals surface area (Å²) in [5.41, 5.74) is 0. The van der Waals surface area contributed by atoms with Gasteiger partial charge in [-0.25, -0.2) is 4.18 Å². The van der Waals surface area contributed by atoms with Crippen LogP contribution in [0.1, 0.15) is 0 Å². The first kappa shape index (κ1) is 14.5. The Morgan fingerprint density at radius 3 is 1.53 bits per heavy atom. The maximum atomic E-state index is 11.7. The van der Waals surface area contributed by atoms with E-state index in [2.05, 4.69) is 8.37 Å². The molecule has 4 nitrogen and oxygen atoms in total. The van der Waals surface area contributed by atoms with Gasteiger partial charge in [-0.15, -0.1) is 0 Å². The van der Waals surface area contributed by atoms with Crippen LogP contribution >= 0.6 is 0 Å². The average Bonchev–Trinajstić information content (AvgIpc) is 1.96. The predicted octanol–water partition coefficient (Wildman–Crippen LogP) is 1.39. The highest BCUT2D eigenvalue weighted by Gasteiger charge is 2.60. The highest BCUT2D eigenvalue weighted by molar-refractivity contribution is 7.81. The molecule has 0 saturated carbocycles. The van der Waals surface area contributed by atoms with Gasteiger partial charge in [0.2, 0.25) is 0 Å². The van der Waals surface area contributed by atoms with Gasteiger partial charge in [-0.2, -0.15) is 34.8 Å². The number of halogens is 6. The first-order valence-electron chi connectivity index (χ1n) is 3.02. The molecule has 0 rings (SSSR count). The standard InChI is InChI=1S/C4H4F6O4S/c1-13-15(11,12)14-2(3(5,6)7)4(8,9)10/h2H,1H3. The Labute approximate surface area is 80.1 Å². The Kier molecular flexibility index (Phi) is 3.98. The third-order valence-corrected chi connectivity index (χ3v) is 1.85. The molecule has 0 bridgehead atoms. The van der Waals surface area contributed by atoms with Crippen molar-refractivity contribution in [3.05, 3.63) is 0 Å². The van der Waals surface area contributed by atoms with E-state index in [-0.39, 0.29) is 0 Å². The maximum Gasteiger partial charge on any atom is 0.425 e. The first-order valence-corrected chi connectivity index (χ1v) is 4.36. The molecule has 0 unspecified atom stereocenters. The molecule has 0 amide bonds. The van der Waals surface area contributed by atoms with Crippen LogP contribution in [0.2, 0.25) is 0 Å². The zero-order valence-corrected chi connectivity index (χ0v) is 7.70. The molecule has 0 saturated heterocycles. The van der Waals surface area contributed by atoms with E-state index >= 15 is 0 Å². The molecule has 15 heavy (non-hydrogen) atoms. The van der Waals surface area contributed by atoms with Crippen LogP contribution < -0.4 is 0 Å². The molecule has 0 fully saturated rings. The van der Waals surface area contributed by atoms with E-state index in [4.69, 9.17) is 0 Å². The van der Waals surface area contributed by atoms with Crippen LogP contribution in [-0.4, -0.2) is 34.0 Å². The molecule has 11 heteroatoms. The predicted molar refractivity (Wildman–Crippen MR) is 32.9 cm³/mol. The van der Waals surface area contributed by atoms with Crippen molar-refractivity contribution in [1.29, 1.82) is 0 Å². The Bertz CT molecular complexity index is 288. The summed E-state index contributed by atoms with van der Waals surface area (Å²) in [5.74, 6) is 0. The second kappa shape index (κ2) is 4.14. The quantitative estimate of drug-likeness (QED) is 0.721. The van der Waals surface area contributed by atoms with Crippen LogP contribution in [-0.2, 0) is 18.8 Å². The summed E-state index contributed by atoms with van der Waals surface area (Å²) in [7, 11) is -4.96. The van der Waals surface area contributed by atoms with E-state index in [9.17, 15) is 34.8 Å². The van der Waals surface area contributed by atoms with E-state index in [1.54, 1.807) is 0 Å². The molecule has 0 aliphatic carbocycles. The average molecular weight is 262 g/mol. The summed E-state index contributed by atoms with van der Waals surface area (Å²) in [6.07, 6.45) is -16.2. The Balaban J connectivity index is 5.02. The van der Waals surface area contributed by atoms with E-state index in [1.165, 1.54) is 0 Å². The monoisotopic (exact) mass is 262 g/mol. The number of rotatable bonds is 3. The lowest BCUT2D eigenvalue weighted by atomic mass is 10.3. The zero-order chi connectivity index (χ0) is 12.5. The summed E-state index contributed by atoms with van der Waals surface area (Å²) >= 11 is 0. The molecule has 0 aliphatic heterocycles. The summed E-state index contributed by atoms with van der Waals surface area (Å²) in [4.78, 5) is 0. The summed E-state index contributed by atoms with van der Waals surface area (Å²) in [6, 6.07) is 0. The van der Waals surface area contributed by atoms with Crippen LogP contribution in [0.4, 0.5) is 26.3 Å². The molecule has 0 radical (unpaired) electrons. The summed E-state index contributed by atoms with van der Waals surface area (Å²) < 4.78 is 96.9. The Morgan fingerprint density at radius 2 is 1.33 bits per heavy atom. The summed E-state index contributed by atoms with van der Waals surface area (Å²) in [5, 5.41) is 0. The van der Waals surface area contributed by atoms with Crippen LogP contribution in [0, 0.1) is 0 Å². The maximum absolute atomic E-state index is 11.7. The molecule has 0 aromatic heterocycles. The molecular weight excluding hydrogens is 258 g/mol.